The summed E-state index contributed by atoms with van der Waals surface area (Å²) in [6.07, 6.45) is 0.756. The highest BCUT2D eigenvalue weighted by atomic mass is 35.5. The number of hydrogen-bond acceptors (Lipinski definition) is 3. The highest BCUT2D eigenvalue weighted by molar-refractivity contribution is 6.35. The smallest absolute Gasteiger partial charge is 0.163 e. The molecule has 3 aromatic carbocycles. The van der Waals surface area contributed by atoms with Gasteiger partial charge in [-0.25, -0.2) is 4.39 Å². The summed E-state index contributed by atoms with van der Waals surface area (Å²) in [7, 11) is 0. The second-order valence-corrected chi connectivity index (χ2v) is 8.67. The molecule has 3 nitrogen and oxygen atoms in total. The molecule has 0 bridgehead atoms. The normalized spacial score (nSPS) is 10.9. The van der Waals surface area contributed by atoms with E-state index in [4.69, 9.17) is 55.9 Å². The van der Waals surface area contributed by atoms with Crippen LogP contribution in [0, 0.1) is 5.82 Å². The topological polar surface area (TPSA) is 30.5 Å². The molecule has 0 amide bonds. The third kappa shape index (κ3) is 6.90. The summed E-state index contributed by atoms with van der Waals surface area (Å²) in [4.78, 5) is 0. The first-order valence-electron chi connectivity index (χ1n) is 10.0. The second kappa shape index (κ2) is 12.0. The SMILES string of the molecule is CCOc1cc(CNCCc2ccc(Cl)cc2Cl)c(Cl)cc1OCc1ccc(F)cc1Cl. The summed E-state index contributed by atoms with van der Waals surface area (Å²) in [6.45, 7) is 3.78. The molecule has 170 valence electrons. The molecule has 0 saturated carbocycles. The Bertz CT molecular complexity index is 1080. The first-order chi connectivity index (χ1) is 15.4. The molecule has 1 N–H and O–H groups in total. The number of hydrogen-bond donors (Lipinski definition) is 1. The van der Waals surface area contributed by atoms with Crippen LogP contribution in [0.15, 0.2) is 48.5 Å². The van der Waals surface area contributed by atoms with E-state index in [-0.39, 0.29) is 6.61 Å². The molecule has 3 aromatic rings. The van der Waals surface area contributed by atoms with Crippen LogP contribution in [0.2, 0.25) is 20.1 Å². The van der Waals surface area contributed by atoms with Crippen molar-refractivity contribution in [2.75, 3.05) is 13.2 Å². The fourth-order valence-corrected chi connectivity index (χ4v) is 4.00. The van der Waals surface area contributed by atoms with E-state index in [0.29, 0.717) is 56.8 Å². The molecule has 0 radical (unpaired) electrons. The molecule has 0 spiro atoms. The van der Waals surface area contributed by atoms with Crippen LogP contribution in [0.5, 0.6) is 11.5 Å². The average Bonchev–Trinajstić information content (AvgIpc) is 2.74. The molecular formula is C24H22Cl4FNO2. The Labute approximate surface area is 207 Å². The van der Waals surface area contributed by atoms with Crippen LogP contribution >= 0.6 is 46.4 Å². The lowest BCUT2D eigenvalue weighted by molar-refractivity contribution is 0.269. The van der Waals surface area contributed by atoms with Gasteiger partial charge in [-0.05, 0) is 61.3 Å². The van der Waals surface area contributed by atoms with Crippen LogP contribution < -0.4 is 14.8 Å². The number of rotatable bonds is 10. The Morgan fingerprint density at radius 1 is 0.781 bits per heavy atom. The van der Waals surface area contributed by atoms with E-state index in [9.17, 15) is 4.39 Å². The summed E-state index contributed by atoms with van der Waals surface area (Å²) in [5.74, 6) is 0.675. The zero-order valence-electron chi connectivity index (χ0n) is 17.4. The summed E-state index contributed by atoms with van der Waals surface area (Å²) in [5.41, 5.74) is 2.57. The molecule has 0 aliphatic heterocycles. The minimum Gasteiger partial charge on any atom is -0.490 e. The molecule has 0 atom stereocenters. The van der Waals surface area contributed by atoms with Gasteiger partial charge >= 0.3 is 0 Å². The summed E-state index contributed by atoms with van der Waals surface area (Å²) in [6, 6.07) is 13.2. The largest absolute Gasteiger partial charge is 0.490 e. The van der Waals surface area contributed by atoms with Gasteiger partial charge in [0.05, 0.1) is 11.6 Å². The van der Waals surface area contributed by atoms with Gasteiger partial charge in [-0.15, -0.1) is 0 Å². The van der Waals surface area contributed by atoms with Crippen LogP contribution in [0.1, 0.15) is 23.6 Å². The van der Waals surface area contributed by atoms with Crippen LogP contribution in [0.25, 0.3) is 0 Å². The maximum atomic E-state index is 13.3. The van der Waals surface area contributed by atoms with E-state index in [2.05, 4.69) is 5.32 Å². The van der Waals surface area contributed by atoms with Gasteiger partial charge in [-0.1, -0.05) is 58.5 Å². The van der Waals surface area contributed by atoms with Gasteiger partial charge in [-0.3, -0.25) is 0 Å². The zero-order valence-corrected chi connectivity index (χ0v) is 20.4. The van der Waals surface area contributed by atoms with Crippen LogP contribution in [0.4, 0.5) is 4.39 Å². The van der Waals surface area contributed by atoms with Crippen molar-refractivity contribution in [2.45, 2.75) is 26.5 Å². The van der Waals surface area contributed by atoms with Crippen LogP contribution in [-0.4, -0.2) is 13.2 Å². The van der Waals surface area contributed by atoms with Crippen molar-refractivity contribution in [3.8, 4) is 11.5 Å². The van der Waals surface area contributed by atoms with Gasteiger partial charge in [0, 0.05) is 33.2 Å². The average molecular weight is 517 g/mol. The van der Waals surface area contributed by atoms with Crippen molar-refractivity contribution in [3.63, 3.8) is 0 Å². The quantitative estimate of drug-likeness (QED) is 0.279. The predicted molar refractivity (Wildman–Crippen MR) is 130 cm³/mol. The number of ether oxygens (including phenoxy) is 2. The number of benzene rings is 3. The first-order valence-corrected chi connectivity index (χ1v) is 11.5. The summed E-state index contributed by atoms with van der Waals surface area (Å²) >= 11 is 24.7. The van der Waals surface area contributed by atoms with Gasteiger partial charge < -0.3 is 14.8 Å². The molecule has 32 heavy (non-hydrogen) atoms. The molecule has 0 aliphatic rings. The molecule has 3 rings (SSSR count). The van der Waals surface area contributed by atoms with E-state index in [1.165, 1.54) is 12.1 Å². The van der Waals surface area contributed by atoms with Gasteiger partial charge in [0.1, 0.15) is 12.4 Å². The van der Waals surface area contributed by atoms with Crippen LogP contribution in [0.3, 0.4) is 0 Å². The molecule has 0 fully saturated rings. The predicted octanol–water partition coefficient (Wildman–Crippen LogP) is 7.75. The third-order valence-electron chi connectivity index (χ3n) is 4.71. The van der Waals surface area contributed by atoms with E-state index in [1.807, 2.05) is 25.1 Å². The van der Waals surface area contributed by atoms with E-state index in [0.717, 1.165) is 17.5 Å². The highest BCUT2D eigenvalue weighted by Gasteiger charge is 2.13. The van der Waals surface area contributed by atoms with E-state index >= 15 is 0 Å². The summed E-state index contributed by atoms with van der Waals surface area (Å²) in [5, 5.41) is 5.48. The van der Waals surface area contributed by atoms with Gasteiger partial charge in [0.25, 0.3) is 0 Å². The standard InChI is InChI=1S/C24H22Cl4FNO2/c1-2-31-23-9-17(13-30-8-7-15-3-5-18(25)10-20(15)26)22(28)12-24(23)32-14-16-4-6-19(29)11-21(16)27/h3-6,9-12,30H,2,7-8,13-14H2,1H3. The molecule has 0 aliphatic carbocycles. The summed E-state index contributed by atoms with van der Waals surface area (Å²) < 4.78 is 24.9. The number of nitrogens with one attached hydrogen (secondary N) is 1. The number of halogens is 5. The van der Waals surface area contributed by atoms with Crippen molar-refractivity contribution in [2.24, 2.45) is 0 Å². The maximum Gasteiger partial charge on any atom is 0.163 e. The fourth-order valence-electron chi connectivity index (χ4n) is 3.06. The second-order valence-electron chi connectivity index (χ2n) is 7.01. The lowest BCUT2D eigenvalue weighted by Gasteiger charge is -2.16. The molecule has 0 saturated heterocycles. The zero-order chi connectivity index (χ0) is 23.1. The monoisotopic (exact) mass is 515 g/mol. The Morgan fingerprint density at radius 3 is 2.19 bits per heavy atom. The Kier molecular flexibility index (Phi) is 9.33. The molecule has 0 heterocycles. The van der Waals surface area contributed by atoms with Crippen molar-refractivity contribution < 1.29 is 13.9 Å². The minimum absolute atomic E-state index is 0.162. The van der Waals surface area contributed by atoms with Crippen molar-refractivity contribution in [1.82, 2.24) is 5.32 Å². The van der Waals surface area contributed by atoms with E-state index in [1.54, 1.807) is 18.2 Å². The Balaban J connectivity index is 1.63. The lowest BCUT2D eigenvalue weighted by Crippen LogP contribution is -2.17. The third-order valence-corrected chi connectivity index (χ3v) is 6.00. The molecule has 0 unspecified atom stereocenters. The van der Waals surface area contributed by atoms with Gasteiger partial charge in [-0.2, -0.15) is 0 Å². The first kappa shape index (κ1) is 24.9. The van der Waals surface area contributed by atoms with E-state index < -0.39 is 5.82 Å². The van der Waals surface area contributed by atoms with Gasteiger partial charge in [0.15, 0.2) is 11.5 Å². The molecule has 8 heteroatoms. The Morgan fingerprint density at radius 2 is 1.47 bits per heavy atom. The maximum absolute atomic E-state index is 13.3. The van der Waals surface area contributed by atoms with Gasteiger partial charge in [0.2, 0.25) is 0 Å². The van der Waals surface area contributed by atoms with Crippen molar-refractivity contribution >= 4 is 46.4 Å². The Hall–Kier alpha value is -1.69. The molecular weight excluding hydrogens is 495 g/mol. The molecule has 0 aromatic heterocycles. The highest BCUT2D eigenvalue weighted by Crippen LogP contribution is 2.34. The minimum atomic E-state index is -0.396. The van der Waals surface area contributed by atoms with Crippen molar-refractivity contribution in [1.29, 1.82) is 0 Å². The fraction of sp³-hybridized carbons (Fsp3) is 0.250. The lowest BCUT2D eigenvalue weighted by atomic mass is 10.1. The van der Waals surface area contributed by atoms with Crippen LogP contribution in [-0.2, 0) is 19.6 Å². The van der Waals surface area contributed by atoms with Crippen molar-refractivity contribution in [3.05, 3.63) is 91.1 Å².